The van der Waals surface area contributed by atoms with E-state index in [1.54, 1.807) is 0 Å². The minimum Gasteiger partial charge on any atom is -0.309 e. The van der Waals surface area contributed by atoms with Gasteiger partial charge in [-0.05, 0) is 162 Å². The molecule has 0 aliphatic carbocycles. The van der Waals surface area contributed by atoms with Gasteiger partial charge in [0.1, 0.15) is 0 Å². The monoisotopic (exact) mass is 1210 g/mol. The fourth-order valence-electron chi connectivity index (χ4n) is 15.8. The van der Waals surface area contributed by atoms with Crippen LogP contribution in [0.4, 0.5) is 34.1 Å². The van der Waals surface area contributed by atoms with Crippen LogP contribution >= 0.6 is 0 Å². The second kappa shape index (κ2) is 20.5. The predicted octanol–water partition coefficient (Wildman–Crippen LogP) is 25.8. The number of anilines is 6. The van der Waals surface area contributed by atoms with E-state index in [0.29, 0.717) is 0 Å². The topological polar surface area (TPSA) is 15.3 Å². The molecule has 17 aromatic rings. The van der Waals surface area contributed by atoms with Crippen LogP contribution in [0.15, 0.2) is 255 Å². The fraction of sp³-hybridized carbons (Fsp3) is 0.178. The quantitative estimate of drug-likeness (QED) is 0.151. The van der Waals surface area contributed by atoms with Crippen LogP contribution in [-0.2, 0) is 21.7 Å². The minimum atomic E-state index is -0.174. The average Bonchev–Trinajstić information content (AvgIpc) is 1.51. The molecule has 0 saturated carbocycles. The summed E-state index contributed by atoms with van der Waals surface area (Å²) in [6, 6.07) is 97.0. The van der Waals surface area contributed by atoms with Crippen molar-refractivity contribution in [3.8, 4) is 22.3 Å². The predicted molar refractivity (Wildman–Crippen MR) is 406 cm³/mol. The van der Waals surface area contributed by atoms with Crippen molar-refractivity contribution in [3.05, 3.63) is 277 Å². The number of nitrogens with zero attached hydrogens (tertiary/aromatic N) is 4. The summed E-state index contributed by atoms with van der Waals surface area (Å²) in [5, 5.41) is 14.9. The second-order valence-electron chi connectivity index (χ2n) is 30.6. The first-order valence-corrected chi connectivity index (χ1v) is 33.6. The number of para-hydroxylation sites is 4. The molecule has 0 radical (unpaired) electrons. The molecule has 13 aromatic carbocycles. The fourth-order valence-corrected chi connectivity index (χ4v) is 15.8. The number of benzene rings is 13. The molecule has 4 heteroatoms. The summed E-state index contributed by atoms with van der Waals surface area (Å²) in [6.07, 6.45) is 0. The van der Waals surface area contributed by atoms with E-state index in [2.05, 4.69) is 356 Å². The molecule has 0 bridgehead atoms. The van der Waals surface area contributed by atoms with Crippen LogP contribution < -0.4 is 9.80 Å². The smallest absolute Gasteiger partial charge is 0.0641 e. The molecule has 0 saturated heterocycles. The van der Waals surface area contributed by atoms with Gasteiger partial charge in [0, 0.05) is 65.6 Å². The average molecular weight is 1220 g/mol. The molecule has 4 aromatic heterocycles. The zero-order valence-corrected chi connectivity index (χ0v) is 56.0. The van der Waals surface area contributed by atoms with Crippen molar-refractivity contribution >= 4 is 132 Å². The van der Waals surface area contributed by atoms with Gasteiger partial charge in [-0.25, -0.2) is 0 Å². The van der Waals surface area contributed by atoms with Crippen LogP contribution in [-0.4, -0.2) is 8.80 Å². The van der Waals surface area contributed by atoms with Crippen molar-refractivity contribution < 1.29 is 0 Å². The molecule has 0 N–H and O–H groups in total. The summed E-state index contributed by atoms with van der Waals surface area (Å²) < 4.78 is 5.33. The highest BCUT2D eigenvalue weighted by Gasteiger charge is 2.33. The van der Waals surface area contributed by atoms with Crippen LogP contribution in [0.1, 0.15) is 105 Å². The van der Waals surface area contributed by atoms with Gasteiger partial charge in [-0.3, -0.25) is 0 Å². The van der Waals surface area contributed by atoms with Crippen molar-refractivity contribution in [2.45, 2.75) is 105 Å². The van der Waals surface area contributed by atoms with Crippen LogP contribution in [0.3, 0.4) is 0 Å². The van der Waals surface area contributed by atoms with Gasteiger partial charge in [-0.1, -0.05) is 253 Å². The maximum Gasteiger partial charge on any atom is 0.0641 e. The van der Waals surface area contributed by atoms with Crippen molar-refractivity contribution in [1.82, 2.24) is 8.80 Å². The van der Waals surface area contributed by atoms with E-state index in [0.717, 1.165) is 34.1 Å². The molecule has 0 fully saturated rings. The highest BCUT2D eigenvalue weighted by molar-refractivity contribution is 6.33. The van der Waals surface area contributed by atoms with E-state index >= 15 is 0 Å². The number of hydrogen-bond acceptors (Lipinski definition) is 2. The Balaban J connectivity index is 0.970. The third-order valence-corrected chi connectivity index (χ3v) is 20.4. The van der Waals surface area contributed by atoms with Gasteiger partial charge in [0.05, 0.1) is 55.8 Å². The van der Waals surface area contributed by atoms with E-state index in [-0.39, 0.29) is 21.7 Å². The third kappa shape index (κ3) is 8.78. The molecule has 0 amide bonds. The highest BCUT2D eigenvalue weighted by atomic mass is 15.2. The molecule has 0 spiro atoms. The Morgan fingerprint density at radius 2 is 0.628 bits per heavy atom. The van der Waals surface area contributed by atoms with E-state index in [9.17, 15) is 0 Å². The van der Waals surface area contributed by atoms with Crippen molar-refractivity contribution in [3.63, 3.8) is 0 Å². The first kappa shape index (κ1) is 57.5. The second-order valence-corrected chi connectivity index (χ2v) is 30.6. The molecule has 4 heterocycles. The van der Waals surface area contributed by atoms with Crippen molar-refractivity contribution in [2.24, 2.45) is 0 Å². The first-order chi connectivity index (χ1) is 45.2. The van der Waals surface area contributed by atoms with Crippen molar-refractivity contribution in [1.29, 1.82) is 0 Å². The molecule has 458 valence electrons. The standard InChI is InChI=1S/C90H78N4/c1-87(2,3)61-41-45-75(69(51-61)59-39-37-55-25-19-21-27-57(55)49-59)91(63-29-15-13-16-30-63)77-47-43-65-71-53-80-72(54-79(71)93-83-67(81(77)85(65)93)33-23-35-73(83)89(7,8)9)66-44-48-78(82-68-34-24-36-74(90(10,11)12)84(68)94(80)86(66)82)92(64-31-17-14-18-32-64)76-46-42-62(88(4,5)6)52-70(76)60-40-38-56-26-20-22-28-58(56)50-60/h13-54H,1-12H3. The molecule has 94 heavy (non-hydrogen) atoms. The lowest BCUT2D eigenvalue weighted by molar-refractivity contribution is 0.590. The Morgan fingerprint density at radius 1 is 0.255 bits per heavy atom. The number of hydrogen-bond donors (Lipinski definition) is 0. The zero-order chi connectivity index (χ0) is 64.5. The number of rotatable bonds is 8. The summed E-state index contributed by atoms with van der Waals surface area (Å²) in [4.78, 5) is 5.11. The summed E-state index contributed by atoms with van der Waals surface area (Å²) in [6.45, 7) is 28.2. The Labute approximate surface area is 551 Å². The van der Waals surface area contributed by atoms with E-state index in [1.165, 1.54) is 142 Å². The summed E-state index contributed by atoms with van der Waals surface area (Å²) >= 11 is 0. The molecular weight excluding hydrogens is 1140 g/mol. The van der Waals surface area contributed by atoms with Gasteiger partial charge in [0.15, 0.2) is 0 Å². The van der Waals surface area contributed by atoms with Gasteiger partial charge >= 0.3 is 0 Å². The summed E-state index contributed by atoms with van der Waals surface area (Å²) in [7, 11) is 0. The lowest BCUT2D eigenvalue weighted by atomic mass is 9.84. The van der Waals surface area contributed by atoms with Gasteiger partial charge in [-0.15, -0.1) is 0 Å². The largest absolute Gasteiger partial charge is 0.309 e. The number of fused-ring (bicyclic) bond motifs is 14. The lowest BCUT2D eigenvalue weighted by Gasteiger charge is -2.30. The normalized spacial score (nSPS) is 12.9. The molecule has 0 aliphatic rings. The van der Waals surface area contributed by atoms with Crippen LogP contribution in [0.2, 0.25) is 0 Å². The highest BCUT2D eigenvalue weighted by Crippen LogP contribution is 2.55. The molecule has 0 unspecified atom stereocenters. The van der Waals surface area contributed by atoms with E-state index < -0.39 is 0 Å². The zero-order valence-electron chi connectivity index (χ0n) is 56.0. The van der Waals surface area contributed by atoms with Gasteiger partial charge in [0.25, 0.3) is 0 Å². The molecule has 0 aliphatic heterocycles. The van der Waals surface area contributed by atoms with Crippen LogP contribution in [0, 0.1) is 0 Å². The minimum absolute atomic E-state index is 0.0710. The number of aromatic nitrogens is 2. The molecule has 0 atom stereocenters. The van der Waals surface area contributed by atoms with Gasteiger partial charge < -0.3 is 18.6 Å². The SMILES string of the molecule is CC(C)(C)c1ccc(N(c2ccccc2)c2ccc3c4cc5c(cc4n4c6c(C(C)(C)C)cccc6c2c34)c2ccc(N(c3ccccc3)c3ccc(C(C)(C)C)cc3-c3ccc4ccccc4c3)c3c4cccc(C(C)(C)C)c4n5c23)c(-c2ccc3ccccc3c2)c1. The molecular formula is C90H78N4. The maximum atomic E-state index is 2.67. The van der Waals surface area contributed by atoms with E-state index in [1.807, 2.05) is 0 Å². The Morgan fingerprint density at radius 3 is 1.01 bits per heavy atom. The van der Waals surface area contributed by atoms with Gasteiger partial charge in [-0.2, -0.15) is 0 Å². The van der Waals surface area contributed by atoms with Gasteiger partial charge in [0.2, 0.25) is 0 Å². The first-order valence-electron chi connectivity index (χ1n) is 33.6. The van der Waals surface area contributed by atoms with Crippen molar-refractivity contribution in [2.75, 3.05) is 9.80 Å². The Hall–Kier alpha value is -10.4. The van der Waals surface area contributed by atoms with E-state index in [4.69, 9.17) is 0 Å². The maximum absolute atomic E-state index is 2.67. The molecule has 4 nitrogen and oxygen atoms in total. The summed E-state index contributed by atoms with van der Waals surface area (Å²) in [5.41, 5.74) is 23.8. The Bertz CT molecular complexity index is 5530. The Kier molecular flexibility index (Phi) is 12.6. The molecule has 17 rings (SSSR count). The van der Waals surface area contributed by atoms with Crippen LogP contribution in [0.25, 0.3) is 120 Å². The summed E-state index contributed by atoms with van der Waals surface area (Å²) in [5.74, 6) is 0. The third-order valence-electron chi connectivity index (χ3n) is 20.4. The van der Waals surface area contributed by atoms with Crippen LogP contribution in [0.5, 0.6) is 0 Å². The lowest BCUT2D eigenvalue weighted by Crippen LogP contribution is -2.15.